The summed E-state index contributed by atoms with van der Waals surface area (Å²) in [5, 5.41) is 0. The molecule has 0 amide bonds. The lowest BCUT2D eigenvalue weighted by Gasteiger charge is -2.05. The number of rotatable bonds is 13. The Labute approximate surface area is 153 Å². The van der Waals surface area contributed by atoms with Gasteiger partial charge in [0, 0.05) is 0 Å². The van der Waals surface area contributed by atoms with E-state index in [1.807, 2.05) is 11.8 Å². The Bertz CT molecular complexity index is 264. The molecule has 0 aromatic rings. The molecule has 0 aromatic carbocycles. The Kier molecular flexibility index (Phi) is 13.6. The van der Waals surface area contributed by atoms with Crippen molar-refractivity contribution in [3.63, 3.8) is 0 Å². The Balaban J connectivity index is 2.28. The lowest BCUT2D eigenvalue weighted by molar-refractivity contribution is 0.707. The van der Waals surface area contributed by atoms with Gasteiger partial charge in [-0.3, -0.25) is 0 Å². The summed E-state index contributed by atoms with van der Waals surface area (Å²) in [6.07, 6.45) is 13.3. The van der Waals surface area contributed by atoms with Crippen LogP contribution in [0.1, 0.15) is 65.2 Å². The van der Waals surface area contributed by atoms with Crippen molar-refractivity contribution in [2.45, 2.75) is 69.1 Å². The molecule has 0 aromatic heterocycles. The molecular weight excluding hydrogens is 353 g/mol. The summed E-state index contributed by atoms with van der Waals surface area (Å²) in [5.41, 5.74) is 0. The molecule has 1 heterocycles. The predicted octanol–water partition coefficient (Wildman–Crippen LogP) is 7.87. The van der Waals surface area contributed by atoms with Crippen LogP contribution in [0.2, 0.25) is 0 Å². The van der Waals surface area contributed by atoms with Gasteiger partial charge in [0.15, 0.2) is 0 Å². The second-order valence-electron chi connectivity index (χ2n) is 5.15. The average molecular weight is 383 g/mol. The SMILES string of the molecule is CCCCCCSC1=C(SCCCCCC)SC(SC)S1. The molecule has 0 aliphatic carbocycles. The first-order valence-electron chi connectivity index (χ1n) is 8.17. The molecule has 1 aliphatic heterocycles. The monoisotopic (exact) mass is 382 g/mol. The average Bonchev–Trinajstić information content (AvgIpc) is 2.89. The van der Waals surface area contributed by atoms with E-state index in [-0.39, 0.29) is 0 Å². The van der Waals surface area contributed by atoms with Gasteiger partial charge in [0.05, 0.1) is 8.47 Å². The molecule has 0 spiro atoms. The van der Waals surface area contributed by atoms with E-state index in [9.17, 15) is 0 Å². The zero-order valence-corrected chi connectivity index (χ0v) is 17.8. The summed E-state index contributed by atoms with van der Waals surface area (Å²) in [6.45, 7) is 4.57. The zero-order chi connectivity index (χ0) is 15.3. The standard InChI is InChI=1S/C16H30S5/c1-4-6-8-10-12-18-14-15(21-16(17-3)20-14)19-13-11-9-7-5-2/h16H,4-13H2,1-3H3. The summed E-state index contributed by atoms with van der Waals surface area (Å²) in [7, 11) is 0. The van der Waals surface area contributed by atoms with E-state index < -0.39 is 0 Å². The van der Waals surface area contributed by atoms with Gasteiger partial charge in [0.1, 0.15) is 3.91 Å². The van der Waals surface area contributed by atoms with E-state index in [0.717, 1.165) is 0 Å². The Hall–Kier alpha value is 1.49. The number of thioether (sulfide) groups is 5. The van der Waals surface area contributed by atoms with E-state index >= 15 is 0 Å². The van der Waals surface area contributed by atoms with Crippen molar-refractivity contribution in [1.82, 2.24) is 0 Å². The summed E-state index contributed by atoms with van der Waals surface area (Å²) in [4.78, 5) is 0. The zero-order valence-electron chi connectivity index (χ0n) is 13.7. The van der Waals surface area contributed by atoms with E-state index in [2.05, 4.69) is 67.2 Å². The van der Waals surface area contributed by atoms with E-state index in [1.54, 1.807) is 8.47 Å². The van der Waals surface area contributed by atoms with E-state index in [4.69, 9.17) is 0 Å². The molecule has 0 N–H and O–H groups in total. The predicted molar refractivity (Wildman–Crippen MR) is 113 cm³/mol. The van der Waals surface area contributed by atoms with Gasteiger partial charge in [-0.15, -0.1) is 35.3 Å². The highest BCUT2D eigenvalue weighted by atomic mass is 32.3. The maximum atomic E-state index is 2.29. The quantitative estimate of drug-likeness (QED) is 0.296. The highest BCUT2D eigenvalue weighted by molar-refractivity contribution is 8.44. The van der Waals surface area contributed by atoms with Crippen LogP contribution < -0.4 is 0 Å². The minimum Gasteiger partial charge on any atom is -0.139 e. The number of hydrogen-bond donors (Lipinski definition) is 0. The molecule has 0 atom stereocenters. The number of hydrogen-bond acceptors (Lipinski definition) is 5. The Morgan fingerprint density at radius 3 is 1.62 bits per heavy atom. The van der Waals surface area contributed by atoms with Gasteiger partial charge in [0.25, 0.3) is 0 Å². The second-order valence-corrected chi connectivity index (χ2v) is 11.9. The Morgan fingerprint density at radius 1 is 0.762 bits per heavy atom. The fourth-order valence-corrected chi connectivity index (χ4v) is 9.56. The van der Waals surface area contributed by atoms with Crippen molar-refractivity contribution in [3.05, 3.63) is 8.47 Å². The summed E-state index contributed by atoms with van der Waals surface area (Å²) in [6, 6.07) is 0. The van der Waals surface area contributed by atoms with Crippen molar-refractivity contribution in [2.24, 2.45) is 0 Å². The van der Waals surface area contributed by atoms with Crippen LogP contribution in [-0.4, -0.2) is 21.7 Å². The third-order valence-corrected chi connectivity index (χ3v) is 10.9. The lowest BCUT2D eigenvalue weighted by Crippen LogP contribution is -1.83. The van der Waals surface area contributed by atoms with Crippen LogP contribution >= 0.6 is 58.8 Å². The third kappa shape index (κ3) is 9.39. The molecule has 0 saturated heterocycles. The molecule has 1 aliphatic rings. The molecule has 0 fully saturated rings. The minimum atomic E-state index is 0.696. The van der Waals surface area contributed by atoms with Gasteiger partial charge in [-0.2, -0.15) is 0 Å². The highest BCUT2D eigenvalue weighted by Gasteiger charge is 2.25. The van der Waals surface area contributed by atoms with E-state index in [0.29, 0.717) is 3.91 Å². The summed E-state index contributed by atoms with van der Waals surface area (Å²) in [5.74, 6) is 2.62. The lowest BCUT2D eigenvalue weighted by atomic mass is 10.2. The van der Waals surface area contributed by atoms with Crippen LogP contribution in [0.5, 0.6) is 0 Å². The second kappa shape index (κ2) is 13.9. The minimum absolute atomic E-state index is 0.696. The molecular formula is C16H30S5. The van der Waals surface area contributed by atoms with Crippen molar-refractivity contribution in [2.75, 3.05) is 17.8 Å². The first kappa shape index (κ1) is 20.5. The van der Waals surface area contributed by atoms with Crippen LogP contribution in [0.25, 0.3) is 0 Å². The van der Waals surface area contributed by atoms with Gasteiger partial charge in [-0.25, -0.2) is 0 Å². The molecule has 5 heteroatoms. The fourth-order valence-electron chi connectivity index (χ4n) is 1.96. The van der Waals surface area contributed by atoms with Crippen LogP contribution in [0.3, 0.4) is 0 Å². The molecule has 0 saturated carbocycles. The van der Waals surface area contributed by atoms with E-state index in [1.165, 1.54) is 62.9 Å². The van der Waals surface area contributed by atoms with Gasteiger partial charge in [-0.05, 0) is 30.6 Å². The summed E-state index contributed by atoms with van der Waals surface area (Å²) < 4.78 is 3.94. The van der Waals surface area contributed by atoms with Gasteiger partial charge in [0.2, 0.25) is 0 Å². The number of unbranched alkanes of at least 4 members (excludes halogenated alkanes) is 6. The first-order valence-corrected chi connectivity index (χ1v) is 13.2. The van der Waals surface area contributed by atoms with Crippen molar-refractivity contribution < 1.29 is 0 Å². The van der Waals surface area contributed by atoms with Crippen molar-refractivity contribution >= 4 is 58.8 Å². The van der Waals surface area contributed by atoms with Crippen LogP contribution in [0.15, 0.2) is 8.47 Å². The molecule has 21 heavy (non-hydrogen) atoms. The summed E-state index contributed by atoms with van der Waals surface area (Å²) >= 11 is 10.4. The largest absolute Gasteiger partial charge is 0.139 e. The van der Waals surface area contributed by atoms with Crippen LogP contribution in [0.4, 0.5) is 0 Å². The van der Waals surface area contributed by atoms with Crippen LogP contribution in [-0.2, 0) is 0 Å². The Morgan fingerprint density at radius 2 is 1.24 bits per heavy atom. The molecule has 0 bridgehead atoms. The smallest absolute Gasteiger partial charge is 0.106 e. The topological polar surface area (TPSA) is 0 Å². The van der Waals surface area contributed by atoms with Gasteiger partial charge in [-0.1, -0.05) is 75.9 Å². The molecule has 1 rings (SSSR count). The van der Waals surface area contributed by atoms with Crippen molar-refractivity contribution in [3.8, 4) is 0 Å². The molecule has 0 nitrogen and oxygen atoms in total. The third-order valence-electron chi connectivity index (χ3n) is 3.23. The first-order chi connectivity index (χ1) is 10.3. The van der Waals surface area contributed by atoms with Gasteiger partial charge < -0.3 is 0 Å². The maximum Gasteiger partial charge on any atom is 0.106 e. The molecule has 0 unspecified atom stereocenters. The van der Waals surface area contributed by atoms with Crippen LogP contribution in [0, 0.1) is 0 Å². The highest BCUT2D eigenvalue weighted by Crippen LogP contribution is 2.57. The van der Waals surface area contributed by atoms with Crippen molar-refractivity contribution in [1.29, 1.82) is 0 Å². The fraction of sp³-hybridized carbons (Fsp3) is 0.875. The molecule has 124 valence electrons. The maximum absolute atomic E-state index is 2.29. The molecule has 0 radical (unpaired) electrons. The van der Waals surface area contributed by atoms with Gasteiger partial charge >= 0.3 is 0 Å². The normalized spacial score (nSPS) is 16.1.